The molecule has 0 aliphatic carbocycles. The molecule has 0 spiro atoms. The summed E-state index contributed by atoms with van der Waals surface area (Å²) in [6, 6.07) is 3.13. The number of nitrogens with one attached hydrogen (secondary N) is 4. The van der Waals surface area contributed by atoms with Gasteiger partial charge in [-0.3, -0.25) is 19.9 Å². The largest absolute Gasteiger partial charge is 0.467 e. The minimum Gasteiger partial charge on any atom is -0.467 e. The molecule has 2 saturated heterocycles. The van der Waals surface area contributed by atoms with Crippen molar-refractivity contribution in [1.82, 2.24) is 26.2 Å². The molecule has 1 aromatic heterocycles. The molecule has 4 amide bonds. The van der Waals surface area contributed by atoms with Crippen LogP contribution >= 0.6 is 0 Å². The Labute approximate surface area is 163 Å². The van der Waals surface area contributed by atoms with Crippen LogP contribution in [-0.4, -0.2) is 60.9 Å². The highest BCUT2D eigenvalue weighted by molar-refractivity contribution is 6.07. The Balaban J connectivity index is 1.45. The molecule has 1 aromatic rings. The molecule has 10 heteroatoms. The highest BCUT2D eigenvalue weighted by Gasteiger charge is 2.48. The SMILES string of the molecule is CN=C(NCC(=O)NCc1ccco1)N1CCC(C2(C)NC(=O)NC2=O)CC1. The second-order valence-corrected chi connectivity index (χ2v) is 7.13. The molecule has 3 heterocycles. The van der Waals surface area contributed by atoms with Crippen molar-refractivity contribution in [3.8, 4) is 0 Å². The van der Waals surface area contributed by atoms with Crippen LogP contribution < -0.4 is 21.3 Å². The summed E-state index contributed by atoms with van der Waals surface area (Å²) in [6.07, 6.45) is 3.03. The van der Waals surface area contributed by atoms with Crippen LogP contribution in [0.1, 0.15) is 25.5 Å². The van der Waals surface area contributed by atoms with Gasteiger partial charge in [0.05, 0.1) is 19.4 Å². The van der Waals surface area contributed by atoms with E-state index in [9.17, 15) is 14.4 Å². The van der Waals surface area contributed by atoms with Gasteiger partial charge >= 0.3 is 6.03 Å². The average Bonchev–Trinajstić information content (AvgIpc) is 3.29. The minimum absolute atomic E-state index is 0.0462. The standard InChI is InChI=1S/C18H26N6O4/c1-18(15(26)22-17(27)23-18)12-5-7-24(8-6-12)16(19-2)21-11-14(25)20-10-13-4-3-9-28-13/h3-4,9,12H,5-8,10-11H2,1-2H3,(H,19,21)(H,20,25)(H2,22,23,26,27). The zero-order valence-electron chi connectivity index (χ0n) is 16.1. The first-order valence-corrected chi connectivity index (χ1v) is 9.30. The summed E-state index contributed by atoms with van der Waals surface area (Å²) in [5.74, 6) is 0.940. The van der Waals surface area contributed by atoms with E-state index in [0.717, 1.165) is 12.8 Å². The molecule has 0 saturated carbocycles. The highest BCUT2D eigenvalue weighted by Crippen LogP contribution is 2.30. The molecule has 0 aromatic carbocycles. The number of piperidine rings is 1. The number of carbonyl (C=O) groups excluding carboxylic acids is 3. The molecule has 4 N–H and O–H groups in total. The van der Waals surface area contributed by atoms with Crippen LogP contribution in [0.2, 0.25) is 0 Å². The maximum absolute atomic E-state index is 12.1. The van der Waals surface area contributed by atoms with Crippen LogP contribution in [0.4, 0.5) is 4.79 Å². The Bertz CT molecular complexity index is 754. The van der Waals surface area contributed by atoms with Gasteiger partial charge in [0.2, 0.25) is 5.91 Å². The van der Waals surface area contributed by atoms with Gasteiger partial charge in [0.1, 0.15) is 11.3 Å². The van der Waals surface area contributed by atoms with Gasteiger partial charge in [-0.1, -0.05) is 0 Å². The summed E-state index contributed by atoms with van der Waals surface area (Å²) in [5.41, 5.74) is -0.869. The van der Waals surface area contributed by atoms with Crippen molar-refractivity contribution < 1.29 is 18.8 Å². The molecule has 10 nitrogen and oxygen atoms in total. The molecule has 28 heavy (non-hydrogen) atoms. The second kappa shape index (κ2) is 8.32. The molecule has 152 valence electrons. The predicted molar refractivity (Wildman–Crippen MR) is 101 cm³/mol. The van der Waals surface area contributed by atoms with Gasteiger partial charge in [-0.25, -0.2) is 4.79 Å². The fourth-order valence-electron chi connectivity index (χ4n) is 3.67. The maximum atomic E-state index is 12.1. The summed E-state index contributed by atoms with van der Waals surface area (Å²) in [7, 11) is 1.67. The highest BCUT2D eigenvalue weighted by atomic mass is 16.3. The number of rotatable bonds is 5. The lowest BCUT2D eigenvalue weighted by Crippen LogP contribution is -2.55. The monoisotopic (exact) mass is 390 g/mol. The number of furan rings is 1. The number of guanidine groups is 1. The van der Waals surface area contributed by atoms with Crippen LogP contribution in [0.3, 0.4) is 0 Å². The van der Waals surface area contributed by atoms with E-state index < -0.39 is 11.6 Å². The Kier molecular flexibility index (Phi) is 5.86. The number of likely N-dealkylation sites (tertiary alicyclic amines) is 1. The van der Waals surface area contributed by atoms with Crippen LogP contribution in [0, 0.1) is 5.92 Å². The third-order valence-electron chi connectivity index (χ3n) is 5.34. The molecule has 2 aliphatic heterocycles. The Morgan fingerprint density at radius 3 is 2.68 bits per heavy atom. The van der Waals surface area contributed by atoms with Crippen molar-refractivity contribution in [2.45, 2.75) is 31.8 Å². The van der Waals surface area contributed by atoms with Crippen molar-refractivity contribution in [3.05, 3.63) is 24.2 Å². The van der Waals surface area contributed by atoms with Crippen molar-refractivity contribution in [1.29, 1.82) is 0 Å². The first-order valence-electron chi connectivity index (χ1n) is 9.30. The molecule has 0 bridgehead atoms. The average molecular weight is 390 g/mol. The lowest BCUT2D eigenvalue weighted by atomic mass is 9.79. The third kappa shape index (κ3) is 4.26. The quantitative estimate of drug-likeness (QED) is 0.313. The number of hydrogen-bond donors (Lipinski definition) is 4. The van der Waals surface area contributed by atoms with E-state index in [0.29, 0.717) is 31.4 Å². The van der Waals surface area contributed by atoms with E-state index in [-0.39, 0.29) is 24.3 Å². The fraction of sp³-hybridized carbons (Fsp3) is 0.556. The Morgan fingerprint density at radius 1 is 1.36 bits per heavy atom. The summed E-state index contributed by atoms with van der Waals surface area (Å²) in [5, 5.41) is 10.9. The van der Waals surface area contributed by atoms with Gasteiger partial charge in [-0.15, -0.1) is 0 Å². The van der Waals surface area contributed by atoms with Crippen LogP contribution in [0.15, 0.2) is 27.8 Å². The van der Waals surface area contributed by atoms with Crippen molar-refractivity contribution in [2.75, 3.05) is 26.7 Å². The zero-order valence-corrected chi connectivity index (χ0v) is 16.1. The molecular weight excluding hydrogens is 364 g/mol. The van der Waals surface area contributed by atoms with Crippen LogP contribution in [0.25, 0.3) is 0 Å². The van der Waals surface area contributed by atoms with Gasteiger partial charge < -0.3 is 25.3 Å². The molecule has 2 aliphatic rings. The summed E-state index contributed by atoms with van der Waals surface area (Å²) >= 11 is 0. The van der Waals surface area contributed by atoms with Gasteiger partial charge in [-0.2, -0.15) is 0 Å². The first kappa shape index (κ1) is 19.7. The molecule has 3 rings (SSSR count). The number of imide groups is 1. The van der Waals surface area contributed by atoms with Gasteiger partial charge in [-0.05, 0) is 37.8 Å². The number of aliphatic imine (C=N–C) groups is 1. The van der Waals surface area contributed by atoms with Crippen molar-refractivity contribution >= 4 is 23.8 Å². The number of carbonyl (C=O) groups is 3. The molecule has 0 radical (unpaired) electrons. The Hall–Kier alpha value is -3.04. The lowest BCUT2D eigenvalue weighted by Gasteiger charge is -2.39. The maximum Gasteiger partial charge on any atom is 0.322 e. The molecular formula is C18H26N6O4. The number of urea groups is 1. The van der Waals surface area contributed by atoms with E-state index in [2.05, 4.69) is 26.3 Å². The second-order valence-electron chi connectivity index (χ2n) is 7.13. The molecule has 1 atom stereocenters. The smallest absolute Gasteiger partial charge is 0.322 e. The van der Waals surface area contributed by atoms with E-state index >= 15 is 0 Å². The van der Waals surface area contributed by atoms with Crippen molar-refractivity contribution in [2.24, 2.45) is 10.9 Å². The number of amides is 4. The van der Waals surface area contributed by atoms with Crippen LogP contribution in [0.5, 0.6) is 0 Å². The number of nitrogens with zero attached hydrogens (tertiary/aromatic N) is 2. The predicted octanol–water partition coefficient (Wildman–Crippen LogP) is -0.219. The minimum atomic E-state index is -0.869. The van der Waals surface area contributed by atoms with Gasteiger partial charge in [0.15, 0.2) is 5.96 Å². The molecule has 1 unspecified atom stereocenters. The summed E-state index contributed by atoms with van der Waals surface area (Å²) in [6.45, 7) is 3.56. The fourth-order valence-corrected chi connectivity index (χ4v) is 3.67. The normalized spacial score (nSPS) is 23.4. The zero-order chi connectivity index (χ0) is 20.1. The van der Waals surface area contributed by atoms with E-state index in [1.807, 2.05) is 4.90 Å². The van der Waals surface area contributed by atoms with Gasteiger partial charge in [0.25, 0.3) is 5.91 Å². The van der Waals surface area contributed by atoms with Crippen molar-refractivity contribution in [3.63, 3.8) is 0 Å². The topological polar surface area (TPSA) is 128 Å². The first-order chi connectivity index (χ1) is 13.4. The lowest BCUT2D eigenvalue weighted by molar-refractivity contribution is -0.125. The van der Waals surface area contributed by atoms with E-state index in [4.69, 9.17) is 4.42 Å². The van der Waals surface area contributed by atoms with Crippen LogP contribution in [-0.2, 0) is 16.1 Å². The third-order valence-corrected chi connectivity index (χ3v) is 5.34. The Morgan fingerprint density at radius 2 is 2.11 bits per heavy atom. The summed E-state index contributed by atoms with van der Waals surface area (Å²) in [4.78, 5) is 41.9. The van der Waals surface area contributed by atoms with E-state index in [1.54, 1.807) is 32.4 Å². The number of hydrogen-bond acceptors (Lipinski definition) is 5. The van der Waals surface area contributed by atoms with Gasteiger partial charge in [0, 0.05) is 20.1 Å². The summed E-state index contributed by atoms with van der Waals surface area (Å²) < 4.78 is 5.18. The molecule has 2 fully saturated rings. The van der Waals surface area contributed by atoms with E-state index in [1.165, 1.54) is 0 Å².